The van der Waals surface area contributed by atoms with Crippen molar-refractivity contribution in [3.8, 4) is 0 Å². The minimum absolute atomic E-state index is 0.0714. The molecular formula is C32H45N3O5. The van der Waals surface area contributed by atoms with Crippen molar-refractivity contribution >= 4 is 23.4 Å². The minimum atomic E-state index is -1.17. The van der Waals surface area contributed by atoms with Gasteiger partial charge in [0.05, 0.1) is 30.1 Å². The minimum Gasteiger partial charge on any atom is -0.394 e. The van der Waals surface area contributed by atoms with Gasteiger partial charge in [-0.05, 0) is 50.7 Å². The average Bonchev–Trinajstić information content (AvgIpc) is 3.48. The summed E-state index contributed by atoms with van der Waals surface area (Å²) in [4.78, 5) is 48.1. The highest BCUT2D eigenvalue weighted by atomic mass is 16.5. The highest BCUT2D eigenvalue weighted by molar-refractivity contribution is 6.06. The lowest BCUT2D eigenvalue weighted by Gasteiger charge is -2.41. The quantitative estimate of drug-likeness (QED) is 0.424. The normalized spacial score (nSPS) is 30.1. The summed E-state index contributed by atoms with van der Waals surface area (Å²) >= 11 is 0. The van der Waals surface area contributed by atoms with Crippen LogP contribution >= 0.6 is 0 Å². The third-order valence-electron chi connectivity index (χ3n) is 9.63. The summed E-state index contributed by atoms with van der Waals surface area (Å²) in [6, 6.07) is 4.30. The van der Waals surface area contributed by atoms with E-state index in [9.17, 15) is 19.5 Å². The number of amides is 3. The summed E-state index contributed by atoms with van der Waals surface area (Å²) in [5, 5.41) is 10.6. The number of fused-ring (bicyclic) bond motifs is 1. The van der Waals surface area contributed by atoms with E-state index in [2.05, 4.69) is 13.2 Å². The van der Waals surface area contributed by atoms with E-state index in [1.807, 2.05) is 52.8 Å². The molecule has 8 nitrogen and oxygen atoms in total. The zero-order chi connectivity index (χ0) is 29.6. The van der Waals surface area contributed by atoms with Gasteiger partial charge in [-0.2, -0.15) is 0 Å². The van der Waals surface area contributed by atoms with Crippen molar-refractivity contribution in [2.45, 2.75) is 77.2 Å². The molecule has 40 heavy (non-hydrogen) atoms. The van der Waals surface area contributed by atoms with E-state index in [1.165, 1.54) is 0 Å². The number of aryl methyl sites for hydroxylation is 2. The van der Waals surface area contributed by atoms with Gasteiger partial charge in [-0.15, -0.1) is 13.2 Å². The van der Waals surface area contributed by atoms with E-state index in [-0.39, 0.29) is 36.8 Å². The van der Waals surface area contributed by atoms with E-state index in [0.717, 1.165) is 16.8 Å². The molecule has 7 atom stereocenters. The number of nitrogens with zero attached hydrogens (tertiary/aromatic N) is 3. The summed E-state index contributed by atoms with van der Waals surface area (Å²) in [7, 11) is 1.70. The number of rotatable bonds is 11. The Balaban J connectivity index is 1.91. The third kappa shape index (κ3) is 4.40. The number of carbonyl (C=O) groups is 3. The lowest BCUT2D eigenvalue weighted by Crippen LogP contribution is -2.60. The first-order valence-electron chi connectivity index (χ1n) is 14.4. The number of likely N-dealkylation sites (N-methyl/N-ethyl adjacent to an activating group) is 1. The van der Waals surface area contributed by atoms with Crippen LogP contribution in [0.5, 0.6) is 0 Å². The largest absolute Gasteiger partial charge is 0.394 e. The predicted molar refractivity (Wildman–Crippen MR) is 156 cm³/mol. The molecule has 1 spiro atoms. The standard InChI is InChI=1S/C32H45N3O5/c1-9-17-33(8)28(37)24-25-29(38)35(23(19-36)20(4)11-3)27(32(25)16-15-31(24,7)40-32)30(39)34(18-10-2)26-21(5)13-12-14-22(26)6/h9-10,12-14,20,23-25,27,36H,1-2,11,15-19H2,3-8H3/t20-,23-,24+,25-,27?,31-,32?/m0/s1. The molecule has 0 aromatic heterocycles. The van der Waals surface area contributed by atoms with Crippen LogP contribution in [0, 0.1) is 31.6 Å². The predicted octanol–water partition coefficient (Wildman–Crippen LogP) is 3.64. The summed E-state index contributed by atoms with van der Waals surface area (Å²) in [5.41, 5.74) is 0.604. The van der Waals surface area contributed by atoms with E-state index >= 15 is 0 Å². The topological polar surface area (TPSA) is 90.4 Å². The number of carbonyl (C=O) groups excluding carboxylic acids is 3. The highest BCUT2D eigenvalue weighted by Gasteiger charge is 2.79. The number of hydrogen-bond donors (Lipinski definition) is 1. The van der Waals surface area contributed by atoms with Crippen molar-refractivity contribution in [2.24, 2.45) is 17.8 Å². The Hall–Kier alpha value is -2.97. The number of anilines is 1. The maximum absolute atomic E-state index is 14.9. The van der Waals surface area contributed by atoms with Crippen LogP contribution in [0.4, 0.5) is 5.69 Å². The van der Waals surface area contributed by atoms with Crippen LogP contribution in [0.3, 0.4) is 0 Å². The van der Waals surface area contributed by atoms with Gasteiger partial charge in [0.25, 0.3) is 5.91 Å². The molecule has 3 saturated heterocycles. The van der Waals surface area contributed by atoms with Gasteiger partial charge >= 0.3 is 0 Å². The van der Waals surface area contributed by atoms with E-state index in [1.54, 1.807) is 33.9 Å². The summed E-state index contributed by atoms with van der Waals surface area (Å²) in [5.74, 6) is -2.36. The molecule has 3 heterocycles. The van der Waals surface area contributed by atoms with Crippen LogP contribution in [0.15, 0.2) is 43.5 Å². The van der Waals surface area contributed by atoms with Crippen LogP contribution < -0.4 is 4.90 Å². The molecule has 0 aliphatic carbocycles. The van der Waals surface area contributed by atoms with Gasteiger partial charge in [0.15, 0.2) is 0 Å². The van der Waals surface area contributed by atoms with Gasteiger partial charge < -0.3 is 24.5 Å². The molecule has 2 bridgehead atoms. The van der Waals surface area contributed by atoms with Crippen LogP contribution in [0.2, 0.25) is 0 Å². The fourth-order valence-corrected chi connectivity index (χ4v) is 7.51. The van der Waals surface area contributed by atoms with Crippen molar-refractivity contribution in [3.05, 3.63) is 54.6 Å². The molecule has 2 unspecified atom stereocenters. The smallest absolute Gasteiger partial charge is 0.253 e. The fraction of sp³-hybridized carbons (Fsp3) is 0.594. The van der Waals surface area contributed by atoms with Gasteiger partial charge in [0.1, 0.15) is 11.6 Å². The molecule has 0 saturated carbocycles. The Morgan fingerprint density at radius 2 is 1.80 bits per heavy atom. The van der Waals surface area contributed by atoms with Gasteiger partial charge in [0.2, 0.25) is 11.8 Å². The number of benzene rings is 1. The maximum atomic E-state index is 14.9. The SMILES string of the molecule is C=CCN(C)C(=O)[C@H]1[C@H]2C(=O)N([C@@H](CO)[C@@H](C)CC)C(C(=O)N(CC=C)c3c(C)cccc3C)C23CC[C@]1(C)O3. The second kappa shape index (κ2) is 11.1. The lowest BCUT2D eigenvalue weighted by atomic mass is 9.66. The molecule has 1 aromatic rings. The molecule has 0 radical (unpaired) electrons. The van der Waals surface area contributed by atoms with E-state index in [4.69, 9.17) is 4.74 Å². The zero-order valence-electron chi connectivity index (χ0n) is 24.9. The number of para-hydroxylation sites is 1. The summed E-state index contributed by atoms with van der Waals surface area (Å²) < 4.78 is 6.81. The second-order valence-corrected chi connectivity index (χ2v) is 12.1. The van der Waals surface area contributed by atoms with Crippen molar-refractivity contribution in [1.82, 2.24) is 9.80 Å². The molecule has 4 rings (SSSR count). The molecule has 3 fully saturated rings. The Bertz CT molecular complexity index is 1180. The molecule has 1 N–H and O–H groups in total. The molecular weight excluding hydrogens is 506 g/mol. The van der Waals surface area contributed by atoms with E-state index in [0.29, 0.717) is 25.8 Å². The van der Waals surface area contributed by atoms with Crippen molar-refractivity contribution in [2.75, 3.05) is 31.6 Å². The van der Waals surface area contributed by atoms with E-state index < -0.39 is 35.1 Å². The molecule has 8 heteroatoms. The molecule has 3 aliphatic heterocycles. The van der Waals surface area contributed by atoms with Crippen molar-refractivity contribution in [3.63, 3.8) is 0 Å². The molecule has 3 amide bonds. The van der Waals surface area contributed by atoms with Gasteiger partial charge in [0, 0.05) is 25.8 Å². The number of hydrogen-bond acceptors (Lipinski definition) is 5. The number of ether oxygens (including phenoxy) is 1. The van der Waals surface area contributed by atoms with Crippen LogP contribution in [-0.4, -0.2) is 82.7 Å². The molecule has 1 aromatic carbocycles. The second-order valence-electron chi connectivity index (χ2n) is 12.1. The third-order valence-corrected chi connectivity index (χ3v) is 9.63. The van der Waals surface area contributed by atoms with Gasteiger partial charge in [-0.3, -0.25) is 14.4 Å². The summed E-state index contributed by atoms with van der Waals surface area (Å²) in [6.07, 6.45) is 5.09. The Morgan fingerprint density at radius 1 is 1.18 bits per heavy atom. The average molecular weight is 552 g/mol. The van der Waals surface area contributed by atoms with Crippen LogP contribution in [0.25, 0.3) is 0 Å². The Labute approximate surface area is 238 Å². The Kier molecular flexibility index (Phi) is 8.35. The Morgan fingerprint density at radius 3 is 2.35 bits per heavy atom. The lowest BCUT2D eigenvalue weighted by molar-refractivity contribution is -0.152. The first-order valence-corrected chi connectivity index (χ1v) is 14.4. The fourth-order valence-electron chi connectivity index (χ4n) is 7.51. The van der Waals surface area contributed by atoms with Crippen molar-refractivity contribution < 1.29 is 24.2 Å². The van der Waals surface area contributed by atoms with Crippen LogP contribution in [0.1, 0.15) is 51.2 Å². The first-order chi connectivity index (χ1) is 18.9. The number of likely N-dealkylation sites (tertiary alicyclic amines) is 1. The zero-order valence-corrected chi connectivity index (χ0v) is 24.9. The van der Waals surface area contributed by atoms with Crippen LogP contribution in [-0.2, 0) is 19.1 Å². The number of aliphatic hydroxyl groups is 1. The number of aliphatic hydroxyl groups excluding tert-OH is 1. The molecule has 3 aliphatic rings. The van der Waals surface area contributed by atoms with Crippen molar-refractivity contribution in [1.29, 1.82) is 0 Å². The van der Waals surface area contributed by atoms with Gasteiger partial charge in [-0.25, -0.2) is 0 Å². The monoisotopic (exact) mass is 551 g/mol. The molecule has 218 valence electrons. The van der Waals surface area contributed by atoms with Gasteiger partial charge in [-0.1, -0.05) is 50.6 Å². The maximum Gasteiger partial charge on any atom is 0.253 e. The summed E-state index contributed by atoms with van der Waals surface area (Å²) in [6.45, 7) is 17.8. The highest BCUT2D eigenvalue weighted by Crippen LogP contribution is 2.64. The first kappa shape index (κ1) is 30.0.